The zero-order valence-corrected chi connectivity index (χ0v) is 22.4. The van der Waals surface area contributed by atoms with Crippen molar-refractivity contribution < 1.29 is 14.0 Å². The second-order valence-electron chi connectivity index (χ2n) is 9.70. The molecule has 0 radical (unpaired) electrons. The van der Waals surface area contributed by atoms with Crippen LogP contribution in [0, 0.1) is 13.8 Å². The number of carbonyl (C=O) groups is 2. The van der Waals surface area contributed by atoms with Crippen LogP contribution in [0.1, 0.15) is 38.7 Å². The van der Waals surface area contributed by atoms with Crippen molar-refractivity contribution in [3.63, 3.8) is 0 Å². The normalized spacial score (nSPS) is 13.4. The highest BCUT2D eigenvalue weighted by Crippen LogP contribution is 2.30. The van der Waals surface area contributed by atoms with Gasteiger partial charge >= 0.3 is 0 Å². The van der Waals surface area contributed by atoms with E-state index in [0.717, 1.165) is 50.7 Å². The third kappa shape index (κ3) is 6.14. The van der Waals surface area contributed by atoms with E-state index in [-0.39, 0.29) is 17.6 Å². The number of hydrogen-bond donors (Lipinski definition) is 2. The Hall–Kier alpha value is -4.53. The second-order valence-corrected chi connectivity index (χ2v) is 9.70. The number of nitrogens with one attached hydrogen (secondary N) is 2. The van der Waals surface area contributed by atoms with Gasteiger partial charge in [0.2, 0.25) is 0 Å². The predicted octanol–water partition coefficient (Wildman–Crippen LogP) is 4.49. The van der Waals surface area contributed by atoms with Crippen LogP contribution in [0.5, 0.6) is 0 Å². The van der Waals surface area contributed by atoms with Crippen LogP contribution in [0.15, 0.2) is 77.7 Å². The number of rotatable bonds is 9. The number of furan rings is 1. The first-order valence-corrected chi connectivity index (χ1v) is 13.3. The number of hydrogen-bond acceptors (Lipinski definition) is 6. The largest absolute Gasteiger partial charge is 0.459 e. The van der Waals surface area contributed by atoms with E-state index in [1.54, 1.807) is 24.4 Å². The van der Waals surface area contributed by atoms with E-state index in [0.29, 0.717) is 17.8 Å². The minimum absolute atomic E-state index is 0.179. The van der Waals surface area contributed by atoms with Crippen molar-refractivity contribution in [2.24, 2.45) is 0 Å². The molecule has 3 heterocycles. The lowest BCUT2D eigenvalue weighted by atomic mass is 10.1. The van der Waals surface area contributed by atoms with Crippen LogP contribution in [-0.4, -0.2) is 54.1 Å². The number of nitrogens with zero attached hydrogens (tertiary/aromatic N) is 4. The summed E-state index contributed by atoms with van der Waals surface area (Å²) in [5.74, 6) is 0.637. The minimum atomic E-state index is -0.354. The molecule has 0 atom stereocenters. The van der Waals surface area contributed by atoms with Crippen molar-refractivity contribution in [3.8, 4) is 0 Å². The van der Waals surface area contributed by atoms with Gasteiger partial charge < -0.3 is 29.4 Å². The lowest BCUT2D eigenvalue weighted by molar-refractivity contribution is 0.0950. The van der Waals surface area contributed by atoms with E-state index in [1.165, 1.54) is 17.5 Å². The van der Waals surface area contributed by atoms with Gasteiger partial charge in [0.15, 0.2) is 5.76 Å². The average Bonchev–Trinajstić information content (AvgIpc) is 3.64. The Bertz CT molecular complexity index is 1420. The van der Waals surface area contributed by atoms with Crippen LogP contribution in [0.25, 0.3) is 0 Å². The Morgan fingerprint density at radius 3 is 2.38 bits per heavy atom. The molecule has 2 amide bonds. The van der Waals surface area contributed by atoms with E-state index >= 15 is 0 Å². The van der Waals surface area contributed by atoms with Crippen molar-refractivity contribution in [1.82, 2.24) is 14.9 Å². The molecular formula is C30H34N6O3. The SMILES string of the molecule is Cc1ccccc1N1CCN(c2ccc(C(=O)NCCCn3ccnc3C)cc2NC(=O)c2ccco2)CC1. The van der Waals surface area contributed by atoms with Crippen LogP contribution >= 0.6 is 0 Å². The molecule has 1 fully saturated rings. The van der Waals surface area contributed by atoms with Crippen LogP contribution < -0.4 is 20.4 Å². The highest BCUT2D eigenvalue weighted by molar-refractivity contribution is 6.05. The Morgan fingerprint density at radius 2 is 1.69 bits per heavy atom. The predicted molar refractivity (Wildman–Crippen MR) is 153 cm³/mol. The van der Waals surface area contributed by atoms with Crippen molar-refractivity contribution in [2.75, 3.05) is 47.8 Å². The summed E-state index contributed by atoms with van der Waals surface area (Å²) in [5, 5.41) is 5.96. The van der Waals surface area contributed by atoms with E-state index in [9.17, 15) is 9.59 Å². The van der Waals surface area contributed by atoms with E-state index in [4.69, 9.17) is 4.42 Å². The van der Waals surface area contributed by atoms with Gasteiger partial charge in [-0.05, 0) is 62.2 Å². The summed E-state index contributed by atoms with van der Waals surface area (Å²) in [7, 11) is 0. The molecule has 0 unspecified atom stereocenters. The van der Waals surface area contributed by atoms with E-state index in [2.05, 4.69) is 61.2 Å². The fourth-order valence-corrected chi connectivity index (χ4v) is 4.94. The summed E-state index contributed by atoms with van der Waals surface area (Å²) in [5.41, 5.74) is 4.46. The third-order valence-corrected chi connectivity index (χ3v) is 7.11. The number of amides is 2. The summed E-state index contributed by atoms with van der Waals surface area (Å²) in [6.45, 7) is 8.70. The summed E-state index contributed by atoms with van der Waals surface area (Å²) in [4.78, 5) is 34.7. The fourth-order valence-electron chi connectivity index (χ4n) is 4.94. The molecule has 1 saturated heterocycles. The lowest BCUT2D eigenvalue weighted by Gasteiger charge is -2.38. The quantitative estimate of drug-likeness (QED) is 0.312. The highest BCUT2D eigenvalue weighted by atomic mass is 16.3. The first-order chi connectivity index (χ1) is 19.0. The van der Waals surface area contributed by atoms with Crippen LogP contribution in [0.4, 0.5) is 17.1 Å². The molecule has 39 heavy (non-hydrogen) atoms. The zero-order chi connectivity index (χ0) is 27.2. The molecule has 0 bridgehead atoms. The highest BCUT2D eigenvalue weighted by Gasteiger charge is 2.23. The van der Waals surface area contributed by atoms with Gasteiger partial charge in [0.05, 0.1) is 17.6 Å². The third-order valence-electron chi connectivity index (χ3n) is 7.11. The van der Waals surface area contributed by atoms with Crippen molar-refractivity contribution in [1.29, 1.82) is 0 Å². The molecule has 0 aliphatic carbocycles. The van der Waals surface area contributed by atoms with Crippen molar-refractivity contribution in [2.45, 2.75) is 26.8 Å². The van der Waals surface area contributed by atoms with Gasteiger partial charge in [-0.3, -0.25) is 9.59 Å². The topological polar surface area (TPSA) is 95.6 Å². The zero-order valence-electron chi connectivity index (χ0n) is 22.4. The number of para-hydroxylation sites is 1. The van der Waals surface area contributed by atoms with Gasteiger partial charge in [0.1, 0.15) is 5.82 Å². The second kappa shape index (κ2) is 11.9. The van der Waals surface area contributed by atoms with Gasteiger partial charge in [-0.2, -0.15) is 0 Å². The van der Waals surface area contributed by atoms with Crippen LogP contribution in [0.3, 0.4) is 0 Å². The van der Waals surface area contributed by atoms with Crippen molar-refractivity contribution >= 4 is 28.9 Å². The summed E-state index contributed by atoms with van der Waals surface area (Å²) < 4.78 is 7.35. The number of piperazine rings is 1. The first-order valence-electron chi connectivity index (χ1n) is 13.3. The summed E-state index contributed by atoms with van der Waals surface area (Å²) >= 11 is 0. The van der Waals surface area contributed by atoms with Crippen LogP contribution in [0.2, 0.25) is 0 Å². The molecular weight excluding hydrogens is 492 g/mol. The average molecular weight is 527 g/mol. The molecule has 2 N–H and O–H groups in total. The molecule has 4 aromatic rings. The monoisotopic (exact) mass is 526 g/mol. The molecule has 1 aliphatic heterocycles. The minimum Gasteiger partial charge on any atom is -0.459 e. The molecule has 0 saturated carbocycles. The Kier molecular flexibility index (Phi) is 7.96. The van der Waals surface area contributed by atoms with Gasteiger partial charge in [-0.15, -0.1) is 0 Å². The van der Waals surface area contributed by atoms with Crippen LogP contribution in [-0.2, 0) is 6.54 Å². The summed E-state index contributed by atoms with van der Waals surface area (Å²) in [6, 6.07) is 17.2. The number of aryl methyl sites for hydroxylation is 3. The van der Waals surface area contributed by atoms with E-state index in [1.807, 2.05) is 25.3 Å². The molecule has 9 heteroatoms. The van der Waals surface area contributed by atoms with Gasteiger partial charge in [-0.1, -0.05) is 18.2 Å². The van der Waals surface area contributed by atoms with Crippen molar-refractivity contribution in [3.05, 3.63) is 96.0 Å². The maximum atomic E-state index is 13.0. The number of anilines is 3. The number of benzene rings is 2. The Morgan fingerprint density at radius 1 is 0.923 bits per heavy atom. The number of carbonyl (C=O) groups excluding carboxylic acids is 2. The fraction of sp³-hybridized carbons (Fsp3) is 0.300. The Labute approximate surface area is 228 Å². The summed E-state index contributed by atoms with van der Waals surface area (Å²) in [6.07, 6.45) is 5.96. The lowest BCUT2D eigenvalue weighted by Crippen LogP contribution is -2.47. The molecule has 2 aromatic carbocycles. The Balaban J connectivity index is 1.28. The molecule has 0 spiro atoms. The first kappa shape index (κ1) is 26.1. The molecule has 9 nitrogen and oxygen atoms in total. The molecule has 2 aromatic heterocycles. The van der Waals surface area contributed by atoms with Gasteiger partial charge in [-0.25, -0.2) is 4.98 Å². The number of imidazole rings is 1. The molecule has 1 aliphatic rings. The van der Waals surface area contributed by atoms with Gasteiger partial charge in [0.25, 0.3) is 11.8 Å². The maximum Gasteiger partial charge on any atom is 0.291 e. The number of aromatic nitrogens is 2. The van der Waals surface area contributed by atoms with Gasteiger partial charge in [0, 0.05) is 62.9 Å². The molecule has 5 rings (SSSR count). The smallest absolute Gasteiger partial charge is 0.291 e. The standard InChI is InChI=1S/C30H34N6O3/c1-22-7-3-4-8-26(22)35-16-18-36(19-17-35)27-11-10-24(21-25(27)33-30(38)28-9-5-20-39-28)29(37)32-12-6-14-34-15-13-31-23(34)2/h3-5,7-11,13,15,20-21H,6,12,14,16-19H2,1-2H3,(H,32,37)(H,33,38). The molecule has 202 valence electrons. The maximum absolute atomic E-state index is 13.0. The van der Waals surface area contributed by atoms with E-state index < -0.39 is 0 Å².